The number of carbonyl (C=O) groups excluding carboxylic acids is 1. The third kappa shape index (κ3) is 4.94. The lowest BCUT2D eigenvalue weighted by Crippen LogP contribution is -2.34. The van der Waals surface area contributed by atoms with E-state index in [9.17, 15) is 13.2 Å². The van der Waals surface area contributed by atoms with Gasteiger partial charge in [0.2, 0.25) is 15.9 Å². The van der Waals surface area contributed by atoms with Crippen LogP contribution in [0.15, 0.2) is 23.1 Å². The molecule has 6 nitrogen and oxygen atoms in total. The molecule has 1 amide bonds. The van der Waals surface area contributed by atoms with E-state index in [0.29, 0.717) is 5.69 Å². The third-order valence-corrected chi connectivity index (χ3v) is 5.49. The number of carbonyl (C=O) groups is 1. The summed E-state index contributed by atoms with van der Waals surface area (Å²) < 4.78 is 33.4. The van der Waals surface area contributed by atoms with E-state index in [1.807, 2.05) is 0 Å². The van der Waals surface area contributed by atoms with Crippen LogP contribution in [0, 0.1) is 0 Å². The summed E-state index contributed by atoms with van der Waals surface area (Å²) in [6.45, 7) is 1.38. The predicted molar refractivity (Wildman–Crippen MR) is 89.1 cm³/mol. The SMILES string of the molecule is COc1ccc(NC(C)=O)cc1S(=O)(=O)NC1CCCCCC1. The van der Waals surface area contributed by atoms with Crippen molar-refractivity contribution in [1.82, 2.24) is 4.72 Å². The van der Waals surface area contributed by atoms with Gasteiger partial charge in [0, 0.05) is 18.7 Å². The van der Waals surface area contributed by atoms with Crippen molar-refractivity contribution in [3.8, 4) is 5.75 Å². The molecule has 128 valence electrons. The van der Waals surface area contributed by atoms with Gasteiger partial charge in [0.1, 0.15) is 10.6 Å². The third-order valence-electron chi connectivity index (χ3n) is 3.95. The van der Waals surface area contributed by atoms with Crippen molar-refractivity contribution < 1.29 is 17.9 Å². The topological polar surface area (TPSA) is 84.5 Å². The lowest BCUT2D eigenvalue weighted by Gasteiger charge is -2.18. The molecule has 7 heteroatoms. The van der Waals surface area contributed by atoms with Gasteiger partial charge in [-0.3, -0.25) is 4.79 Å². The Morgan fingerprint density at radius 2 is 1.83 bits per heavy atom. The van der Waals surface area contributed by atoms with Gasteiger partial charge in [-0.05, 0) is 31.0 Å². The second kappa shape index (κ2) is 7.79. The number of sulfonamides is 1. The first-order valence-electron chi connectivity index (χ1n) is 7.90. The van der Waals surface area contributed by atoms with Crippen LogP contribution >= 0.6 is 0 Å². The van der Waals surface area contributed by atoms with Crippen LogP contribution in [0.3, 0.4) is 0 Å². The summed E-state index contributed by atoms with van der Waals surface area (Å²) in [5, 5.41) is 2.60. The summed E-state index contributed by atoms with van der Waals surface area (Å²) in [5.74, 6) is 0.00969. The normalized spacial score (nSPS) is 16.6. The standard InChI is InChI=1S/C16H24N2O4S/c1-12(19)17-14-9-10-15(22-2)16(11-14)23(20,21)18-13-7-5-3-4-6-8-13/h9-11,13,18H,3-8H2,1-2H3,(H,17,19). The average molecular weight is 340 g/mol. The first-order valence-corrected chi connectivity index (χ1v) is 9.38. The Kier molecular flexibility index (Phi) is 6.01. The van der Waals surface area contributed by atoms with Gasteiger partial charge in [0.05, 0.1) is 7.11 Å². The van der Waals surface area contributed by atoms with E-state index < -0.39 is 10.0 Å². The van der Waals surface area contributed by atoms with Crippen LogP contribution in [-0.2, 0) is 14.8 Å². The minimum atomic E-state index is -3.70. The van der Waals surface area contributed by atoms with Gasteiger partial charge >= 0.3 is 0 Å². The number of ether oxygens (including phenoxy) is 1. The Morgan fingerprint density at radius 1 is 1.17 bits per heavy atom. The predicted octanol–water partition coefficient (Wildman–Crippen LogP) is 2.65. The maximum Gasteiger partial charge on any atom is 0.244 e. The smallest absolute Gasteiger partial charge is 0.244 e. The van der Waals surface area contributed by atoms with Gasteiger partial charge in [0.15, 0.2) is 0 Å². The van der Waals surface area contributed by atoms with E-state index in [4.69, 9.17) is 4.74 Å². The Bertz CT molecular complexity index is 650. The number of hydrogen-bond acceptors (Lipinski definition) is 4. The van der Waals surface area contributed by atoms with Crippen molar-refractivity contribution in [2.45, 2.75) is 56.4 Å². The van der Waals surface area contributed by atoms with Crippen molar-refractivity contribution in [2.75, 3.05) is 12.4 Å². The minimum absolute atomic E-state index is 0.0448. The van der Waals surface area contributed by atoms with Gasteiger partial charge in [-0.15, -0.1) is 0 Å². The molecule has 0 saturated heterocycles. The van der Waals surface area contributed by atoms with Gasteiger partial charge in [-0.25, -0.2) is 13.1 Å². The highest BCUT2D eigenvalue weighted by atomic mass is 32.2. The van der Waals surface area contributed by atoms with Crippen molar-refractivity contribution in [3.63, 3.8) is 0 Å². The minimum Gasteiger partial charge on any atom is -0.495 e. The maximum absolute atomic E-state index is 12.7. The summed E-state index contributed by atoms with van der Waals surface area (Å²) in [6, 6.07) is 4.55. The highest BCUT2D eigenvalue weighted by Gasteiger charge is 2.24. The largest absolute Gasteiger partial charge is 0.495 e. The number of amides is 1. The van der Waals surface area contributed by atoms with E-state index in [0.717, 1.165) is 38.5 Å². The lowest BCUT2D eigenvalue weighted by atomic mass is 10.1. The van der Waals surface area contributed by atoms with Crippen molar-refractivity contribution >= 4 is 21.6 Å². The molecular weight excluding hydrogens is 316 g/mol. The zero-order chi connectivity index (χ0) is 16.9. The highest BCUT2D eigenvalue weighted by Crippen LogP contribution is 2.28. The molecule has 0 aromatic heterocycles. The fourth-order valence-corrected chi connectivity index (χ4v) is 4.35. The summed E-state index contributed by atoms with van der Waals surface area (Å²) in [5.41, 5.74) is 0.430. The van der Waals surface area contributed by atoms with E-state index in [1.54, 1.807) is 12.1 Å². The Hall–Kier alpha value is -1.60. The van der Waals surface area contributed by atoms with E-state index in [1.165, 1.54) is 20.1 Å². The van der Waals surface area contributed by atoms with Crippen LogP contribution < -0.4 is 14.8 Å². The molecule has 0 spiro atoms. The van der Waals surface area contributed by atoms with Gasteiger partial charge < -0.3 is 10.1 Å². The second-order valence-electron chi connectivity index (χ2n) is 5.86. The molecule has 1 aromatic rings. The summed E-state index contributed by atoms with van der Waals surface area (Å²) in [4.78, 5) is 11.2. The summed E-state index contributed by atoms with van der Waals surface area (Å²) >= 11 is 0. The van der Waals surface area contributed by atoms with Gasteiger partial charge in [-0.1, -0.05) is 25.7 Å². The first-order chi connectivity index (χ1) is 10.9. The summed E-state index contributed by atoms with van der Waals surface area (Å²) in [7, 11) is -2.27. The molecule has 1 aromatic carbocycles. The number of anilines is 1. The zero-order valence-electron chi connectivity index (χ0n) is 13.6. The molecule has 1 saturated carbocycles. The Balaban J connectivity index is 2.27. The molecule has 0 heterocycles. The van der Waals surface area contributed by atoms with Crippen molar-refractivity contribution in [1.29, 1.82) is 0 Å². The van der Waals surface area contributed by atoms with E-state index in [-0.39, 0.29) is 22.6 Å². The van der Waals surface area contributed by atoms with Crippen LogP contribution in [0.25, 0.3) is 0 Å². The van der Waals surface area contributed by atoms with Crippen LogP contribution in [0.4, 0.5) is 5.69 Å². The molecule has 0 atom stereocenters. The molecule has 0 aliphatic heterocycles. The average Bonchev–Trinajstić information content (AvgIpc) is 2.74. The van der Waals surface area contributed by atoms with Crippen molar-refractivity contribution in [3.05, 3.63) is 18.2 Å². The molecule has 1 aliphatic carbocycles. The quantitative estimate of drug-likeness (QED) is 0.807. The molecular formula is C16H24N2O4S. The number of methoxy groups -OCH3 is 1. The first kappa shape index (κ1) is 17.7. The maximum atomic E-state index is 12.7. The second-order valence-corrected chi connectivity index (χ2v) is 7.54. The van der Waals surface area contributed by atoms with E-state index in [2.05, 4.69) is 10.0 Å². The number of rotatable bonds is 5. The molecule has 1 aliphatic rings. The van der Waals surface area contributed by atoms with Crippen LogP contribution in [-0.4, -0.2) is 27.5 Å². The number of benzene rings is 1. The molecule has 1 fully saturated rings. The fraction of sp³-hybridized carbons (Fsp3) is 0.562. The zero-order valence-corrected chi connectivity index (χ0v) is 14.4. The lowest BCUT2D eigenvalue weighted by molar-refractivity contribution is -0.114. The Labute approximate surface area is 137 Å². The molecule has 2 rings (SSSR count). The monoisotopic (exact) mass is 340 g/mol. The molecule has 0 bridgehead atoms. The summed E-state index contributed by atoms with van der Waals surface area (Å²) in [6.07, 6.45) is 6.09. The van der Waals surface area contributed by atoms with Crippen LogP contribution in [0.1, 0.15) is 45.4 Å². The fourth-order valence-electron chi connectivity index (χ4n) is 2.85. The van der Waals surface area contributed by atoms with Crippen LogP contribution in [0.5, 0.6) is 5.75 Å². The van der Waals surface area contributed by atoms with Gasteiger partial charge in [-0.2, -0.15) is 0 Å². The highest BCUT2D eigenvalue weighted by molar-refractivity contribution is 7.89. The molecule has 0 radical (unpaired) electrons. The number of nitrogens with one attached hydrogen (secondary N) is 2. The molecule has 23 heavy (non-hydrogen) atoms. The molecule has 2 N–H and O–H groups in total. The Morgan fingerprint density at radius 3 is 2.39 bits per heavy atom. The van der Waals surface area contributed by atoms with Crippen LogP contribution in [0.2, 0.25) is 0 Å². The van der Waals surface area contributed by atoms with Crippen molar-refractivity contribution in [2.24, 2.45) is 0 Å². The number of hydrogen-bond donors (Lipinski definition) is 2. The molecule has 0 unspecified atom stereocenters. The van der Waals surface area contributed by atoms with E-state index >= 15 is 0 Å². The van der Waals surface area contributed by atoms with Gasteiger partial charge in [0.25, 0.3) is 0 Å².